The lowest BCUT2D eigenvalue weighted by atomic mass is 9.85. The zero-order valence-corrected chi connectivity index (χ0v) is 11.1. The molecule has 0 radical (unpaired) electrons. The van der Waals surface area contributed by atoms with E-state index in [0.717, 1.165) is 12.2 Å². The predicted molar refractivity (Wildman–Crippen MR) is 70.6 cm³/mol. The van der Waals surface area contributed by atoms with E-state index in [1.54, 1.807) is 12.3 Å². The molecule has 0 aliphatic heterocycles. The fourth-order valence-corrected chi connectivity index (χ4v) is 2.04. The van der Waals surface area contributed by atoms with Gasteiger partial charge in [-0.05, 0) is 29.9 Å². The van der Waals surface area contributed by atoms with Gasteiger partial charge in [0, 0.05) is 6.54 Å². The van der Waals surface area contributed by atoms with Crippen molar-refractivity contribution < 1.29 is 0 Å². The maximum Gasteiger partial charge on any atom is 0.140 e. The van der Waals surface area contributed by atoms with Gasteiger partial charge in [0.1, 0.15) is 11.8 Å². The van der Waals surface area contributed by atoms with Gasteiger partial charge in [-0.2, -0.15) is 5.26 Å². The highest BCUT2D eigenvalue weighted by molar-refractivity contribution is 5.42. The molecular formula is C14H21N3. The number of pyridine rings is 1. The highest BCUT2D eigenvalue weighted by Gasteiger charge is 2.16. The molecule has 0 spiro atoms. The molecule has 0 amide bonds. The summed E-state index contributed by atoms with van der Waals surface area (Å²) < 4.78 is 0. The van der Waals surface area contributed by atoms with Crippen molar-refractivity contribution in [3.63, 3.8) is 0 Å². The van der Waals surface area contributed by atoms with Gasteiger partial charge in [-0.15, -0.1) is 0 Å². The van der Waals surface area contributed by atoms with Crippen LogP contribution in [-0.2, 0) is 0 Å². The number of hydrogen-bond donors (Lipinski definition) is 1. The monoisotopic (exact) mass is 231 g/mol. The largest absolute Gasteiger partial charge is 0.384 e. The number of hydrogen-bond acceptors (Lipinski definition) is 3. The Morgan fingerprint density at radius 1 is 1.24 bits per heavy atom. The van der Waals surface area contributed by atoms with Crippen LogP contribution in [-0.4, -0.2) is 11.5 Å². The molecule has 0 aromatic carbocycles. The molecule has 0 aliphatic carbocycles. The van der Waals surface area contributed by atoms with E-state index < -0.39 is 0 Å². The summed E-state index contributed by atoms with van der Waals surface area (Å²) in [6.45, 7) is 9.96. The summed E-state index contributed by atoms with van der Waals surface area (Å²) in [5.74, 6) is 1.97. The van der Waals surface area contributed by atoms with Crippen molar-refractivity contribution in [2.24, 2.45) is 17.8 Å². The molecule has 1 heterocycles. The van der Waals surface area contributed by atoms with Gasteiger partial charge < -0.3 is 5.32 Å². The third kappa shape index (κ3) is 4.07. The summed E-state index contributed by atoms with van der Waals surface area (Å²) in [5, 5.41) is 12.0. The van der Waals surface area contributed by atoms with Crippen molar-refractivity contribution in [3.05, 3.63) is 24.0 Å². The number of nitrogens with one attached hydrogen (secondary N) is 1. The van der Waals surface area contributed by atoms with Crippen molar-refractivity contribution in [2.75, 3.05) is 11.9 Å². The van der Waals surface area contributed by atoms with Gasteiger partial charge in [-0.25, -0.2) is 4.98 Å². The lowest BCUT2D eigenvalue weighted by molar-refractivity contribution is 0.304. The van der Waals surface area contributed by atoms with Crippen LogP contribution in [0, 0.1) is 29.1 Å². The first-order valence-electron chi connectivity index (χ1n) is 6.14. The minimum absolute atomic E-state index is 0.458. The van der Waals surface area contributed by atoms with Crippen LogP contribution in [0.25, 0.3) is 0 Å². The Morgan fingerprint density at radius 3 is 2.29 bits per heavy atom. The molecule has 0 bridgehead atoms. The van der Waals surface area contributed by atoms with Crippen molar-refractivity contribution in [3.8, 4) is 6.07 Å². The fourth-order valence-electron chi connectivity index (χ4n) is 2.04. The van der Waals surface area contributed by atoms with Gasteiger partial charge in [0.15, 0.2) is 0 Å². The lowest BCUT2D eigenvalue weighted by Gasteiger charge is -2.25. The summed E-state index contributed by atoms with van der Waals surface area (Å²) in [4.78, 5) is 4.04. The van der Waals surface area contributed by atoms with Crippen LogP contribution < -0.4 is 5.32 Å². The molecule has 3 heteroatoms. The normalized spacial score (nSPS) is 10.9. The standard InChI is InChI=1S/C14H21N3/c1-10(2)14(11(3)4)9-17-13-6-5-12(7-15)16-8-13/h5-6,8,10-11,14,17H,9H2,1-4H3. The van der Waals surface area contributed by atoms with Crippen LogP contribution >= 0.6 is 0 Å². The second kappa shape index (κ2) is 6.24. The first kappa shape index (κ1) is 13.5. The number of nitriles is 1. The minimum Gasteiger partial charge on any atom is -0.384 e. The van der Waals surface area contributed by atoms with E-state index >= 15 is 0 Å². The summed E-state index contributed by atoms with van der Waals surface area (Å²) in [6, 6.07) is 5.66. The third-order valence-corrected chi connectivity index (χ3v) is 3.13. The van der Waals surface area contributed by atoms with Gasteiger partial charge in [-0.1, -0.05) is 27.7 Å². The van der Waals surface area contributed by atoms with Crippen LogP contribution in [0.3, 0.4) is 0 Å². The number of aromatic nitrogens is 1. The first-order valence-corrected chi connectivity index (χ1v) is 6.14. The molecule has 17 heavy (non-hydrogen) atoms. The van der Waals surface area contributed by atoms with Crippen LogP contribution in [0.1, 0.15) is 33.4 Å². The topological polar surface area (TPSA) is 48.7 Å². The summed E-state index contributed by atoms with van der Waals surface area (Å²) in [7, 11) is 0. The zero-order valence-electron chi connectivity index (χ0n) is 11.1. The molecule has 3 nitrogen and oxygen atoms in total. The Labute approximate surface area is 104 Å². The van der Waals surface area contributed by atoms with Gasteiger partial charge >= 0.3 is 0 Å². The minimum atomic E-state index is 0.458. The maximum absolute atomic E-state index is 8.66. The Balaban J connectivity index is 2.57. The predicted octanol–water partition coefficient (Wildman–Crippen LogP) is 3.29. The van der Waals surface area contributed by atoms with E-state index in [9.17, 15) is 0 Å². The van der Waals surface area contributed by atoms with E-state index in [-0.39, 0.29) is 0 Å². The molecule has 1 aromatic rings. The second-order valence-electron chi connectivity index (χ2n) is 5.08. The van der Waals surface area contributed by atoms with Crippen LogP contribution in [0.15, 0.2) is 18.3 Å². The van der Waals surface area contributed by atoms with Gasteiger partial charge in [0.2, 0.25) is 0 Å². The van der Waals surface area contributed by atoms with E-state index in [4.69, 9.17) is 5.26 Å². The van der Waals surface area contributed by atoms with Crippen molar-refractivity contribution >= 4 is 5.69 Å². The highest BCUT2D eigenvalue weighted by atomic mass is 14.9. The van der Waals surface area contributed by atoms with E-state index in [1.165, 1.54) is 0 Å². The average molecular weight is 231 g/mol. The van der Waals surface area contributed by atoms with Crippen molar-refractivity contribution in [1.29, 1.82) is 5.26 Å². The number of anilines is 1. The molecular weight excluding hydrogens is 210 g/mol. The Morgan fingerprint density at radius 2 is 1.88 bits per heavy atom. The first-order chi connectivity index (χ1) is 8.04. The van der Waals surface area contributed by atoms with Crippen molar-refractivity contribution in [2.45, 2.75) is 27.7 Å². The summed E-state index contributed by atoms with van der Waals surface area (Å²) >= 11 is 0. The molecule has 92 valence electrons. The molecule has 0 atom stereocenters. The fraction of sp³-hybridized carbons (Fsp3) is 0.571. The third-order valence-electron chi connectivity index (χ3n) is 3.13. The molecule has 0 saturated carbocycles. The number of nitrogens with zero attached hydrogens (tertiary/aromatic N) is 2. The van der Waals surface area contributed by atoms with E-state index in [2.05, 4.69) is 38.0 Å². The maximum atomic E-state index is 8.66. The second-order valence-corrected chi connectivity index (χ2v) is 5.08. The molecule has 0 saturated heterocycles. The van der Waals surface area contributed by atoms with Gasteiger partial charge in [-0.3, -0.25) is 0 Å². The molecule has 0 aliphatic rings. The average Bonchev–Trinajstić information content (AvgIpc) is 2.29. The zero-order chi connectivity index (χ0) is 12.8. The smallest absolute Gasteiger partial charge is 0.140 e. The summed E-state index contributed by atoms with van der Waals surface area (Å²) in [5.41, 5.74) is 1.44. The molecule has 0 unspecified atom stereocenters. The molecule has 0 fully saturated rings. The molecule has 1 rings (SSSR count). The highest BCUT2D eigenvalue weighted by Crippen LogP contribution is 2.21. The van der Waals surface area contributed by atoms with Crippen molar-refractivity contribution in [1.82, 2.24) is 4.98 Å². The quantitative estimate of drug-likeness (QED) is 0.846. The number of rotatable bonds is 5. The van der Waals surface area contributed by atoms with E-state index in [0.29, 0.717) is 23.4 Å². The molecule has 1 aromatic heterocycles. The Bertz CT molecular complexity index is 365. The van der Waals surface area contributed by atoms with E-state index in [1.807, 2.05) is 12.1 Å². The summed E-state index contributed by atoms with van der Waals surface area (Å²) in [6.07, 6.45) is 1.72. The van der Waals surface area contributed by atoms with Gasteiger partial charge in [0.05, 0.1) is 11.9 Å². The van der Waals surface area contributed by atoms with Crippen LogP contribution in [0.5, 0.6) is 0 Å². The SMILES string of the molecule is CC(C)C(CNc1ccc(C#N)nc1)C(C)C. The lowest BCUT2D eigenvalue weighted by Crippen LogP contribution is -2.24. The molecule has 1 N–H and O–H groups in total. The van der Waals surface area contributed by atoms with Crippen LogP contribution in [0.4, 0.5) is 5.69 Å². The Hall–Kier alpha value is -1.56. The van der Waals surface area contributed by atoms with Crippen LogP contribution in [0.2, 0.25) is 0 Å². The Kier molecular flexibility index (Phi) is 4.96. The van der Waals surface area contributed by atoms with Gasteiger partial charge in [0.25, 0.3) is 0 Å².